The minimum atomic E-state index is -3.79. The van der Waals surface area contributed by atoms with Gasteiger partial charge in [0.05, 0.1) is 29.6 Å². The number of aromatic hydroxyl groups is 2. The lowest BCUT2D eigenvalue weighted by molar-refractivity contribution is -0.250. The third kappa shape index (κ3) is 6.05. The van der Waals surface area contributed by atoms with Crippen molar-refractivity contribution in [1.29, 1.82) is 0 Å². The molecular weight excluding hydrogens is 824 g/mol. The zero-order valence-corrected chi connectivity index (χ0v) is 29.1. The fraction of sp³-hybridized carbons (Fsp3) is 0.483. The summed E-state index contributed by atoms with van der Waals surface area (Å²) < 4.78 is 41.5. The molecule has 2 saturated heterocycles. The van der Waals surface area contributed by atoms with E-state index in [1.807, 2.05) is 4.90 Å². The number of Topliss-reactive ketones (excluding diaryl/α,β-unsaturated/α-hetero) is 1. The lowest BCUT2D eigenvalue weighted by Crippen LogP contribution is -2.53. The molecule has 0 amide bonds. The molecule has 6 rings (SSSR count). The van der Waals surface area contributed by atoms with Crippen LogP contribution in [0.4, 0.5) is 0 Å². The monoisotopic (exact) mass is 855 g/mol. The number of carbonyl (C=O) groups excluding carboxylic acids is 3. The number of carbonyl (C=O) groups is 3. The van der Waals surface area contributed by atoms with Crippen molar-refractivity contribution in [2.75, 3.05) is 19.3 Å². The Labute approximate surface area is 277 Å². The molecule has 238 valence electrons. The van der Waals surface area contributed by atoms with Gasteiger partial charge in [-0.25, -0.2) is 0 Å². The number of nitrogens with zero attached hydrogens (tertiary/aromatic N) is 1. The van der Waals surface area contributed by atoms with Gasteiger partial charge in [-0.2, -0.15) is 8.42 Å². The Bertz CT molecular complexity index is 1640. The number of ether oxygens (including phenoxy) is 2. The number of phenolic OH excluding ortho intramolecular Hbond substituents is 2. The predicted molar refractivity (Wildman–Crippen MR) is 173 cm³/mol. The van der Waals surface area contributed by atoms with Crippen LogP contribution >= 0.6 is 37.2 Å². The van der Waals surface area contributed by atoms with Gasteiger partial charge in [0.25, 0.3) is 10.1 Å². The molecule has 2 aliphatic heterocycles. The Morgan fingerprint density at radius 1 is 1.07 bits per heavy atom. The molecule has 0 aromatic heterocycles. The first-order valence-corrected chi connectivity index (χ1v) is 21.9. The van der Waals surface area contributed by atoms with Crippen LogP contribution in [0.15, 0.2) is 24.3 Å². The van der Waals surface area contributed by atoms with Gasteiger partial charge in [-0.05, 0) is 13.8 Å². The lowest BCUT2D eigenvalue weighted by Gasteiger charge is -2.43. The van der Waals surface area contributed by atoms with E-state index in [-0.39, 0.29) is 46.7 Å². The standard InChI is InChI=1S/C29H31NO11S.I2/c1-13-28(41-42(3,37)38)18(30-8-9-30)10-20(39-13)40-19-12-29(36,14(2)31)11-17-21(19)27(35)23-22(26(17)34)24(32)15-6-4-5-7-16(15)25(23)33;1-2/h4-7,13,18-20,28,34-36H,8-12H2,1-3H3;. The zero-order valence-electron chi connectivity index (χ0n) is 24.0. The number of hydrogen-bond donors (Lipinski definition) is 3. The van der Waals surface area contributed by atoms with E-state index in [0.717, 1.165) is 19.3 Å². The molecule has 2 aromatic rings. The topological polar surface area (TPSA) is 177 Å². The average Bonchev–Trinajstić information content (AvgIpc) is 3.81. The molecule has 2 fully saturated rings. The average molecular weight is 855 g/mol. The molecular formula is C29H31I2NO11S. The van der Waals surface area contributed by atoms with Crippen molar-refractivity contribution in [3.05, 3.63) is 57.6 Å². The number of hydrogen-bond acceptors (Lipinski definition) is 12. The molecule has 15 heteroatoms. The number of phenols is 2. The van der Waals surface area contributed by atoms with Crippen LogP contribution in [-0.2, 0) is 35.0 Å². The highest BCUT2D eigenvalue weighted by Crippen LogP contribution is 2.52. The number of benzene rings is 2. The highest BCUT2D eigenvalue weighted by molar-refractivity contribution is 15.0. The summed E-state index contributed by atoms with van der Waals surface area (Å²) in [5.74, 6) is -3.14. The van der Waals surface area contributed by atoms with E-state index < -0.39 is 81.2 Å². The minimum absolute atomic E-state index is 0.0215. The Hall–Kier alpha value is -1.74. The van der Waals surface area contributed by atoms with Crippen molar-refractivity contribution in [3.8, 4) is 11.5 Å². The van der Waals surface area contributed by atoms with Crippen molar-refractivity contribution in [3.63, 3.8) is 0 Å². The largest absolute Gasteiger partial charge is 0.507 e. The minimum Gasteiger partial charge on any atom is -0.507 e. The molecule has 2 aliphatic carbocycles. The second-order valence-electron chi connectivity index (χ2n) is 11.5. The second-order valence-corrected chi connectivity index (χ2v) is 13.1. The van der Waals surface area contributed by atoms with Gasteiger partial charge in [0, 0.05) is 97.9 Å². The first kappa shape index (κ1) is 33.6. The summed E-state index contributed by atoms with van der Waals surface area (Å²) in [5.41, 5.74) is -2.76. The third-order valence-electron chi connectivity index (χ3n) is 8.62. The van der Waals surface area contributed by atoms with E-state index in [9.17, 15) is 38.1 Å². The SMILES string of the molecule is CC(=O)C1(O)Cc2c(O)c3c(c(O)c2C(OC2CC(N4CC4)C(OS(C)(=O)=O)C(C)O2)C1)C(=O)c1ccccc1C3=O.II. The van der Waals surface area contributed by atoms with Gasteiger partial charge in [-0.1, -0.05) is 24.3 Å². The van der Waals surface area contributed by atoms with Crippen LogP contribution in [0.1, 0.15) is 75.8 Å². The molecule has 2 aromatic carbocycles. The van der Waals surface area contributed by atoms with Crippen molar-refractivity contribution in [2.45, 2.75) is 69.4 Å². The molecule has 44 heavy (non-hydrogen) atoms. The number of rotatable bonds is 6. The smallest absolute Gasteiger partial charge is 0.264 e. The van der Waals surface area contributed by atoms with Crippen LogP contribution in [0.5, 0.6) is 11.5 Å². The zero-order chi connectivity index (χ0) is 32.3. The Morgan fingerprint density at radius 3 is 2.16 bits per heavy atom. The molecule has 6 unspecified atom stereocenters. The fourth-order valence-corrected chi connectivity index (χ4v) is 7.13. The molecule has 0 saturated carbocycles. The summed E-state index contributed by atoms with van der Waals surface area (Å²) >= 11 is 4.24. The van der Waals surface area contributed by atoms with Crippen LogP contribution < -0.4 is 0 Å². The number of fused-ring (bicyclic) bond motifs is 3. The number of aliphatic hydroxyl groups is 1. The van der Waals surface area contributed by atoms with Gasteiger partial charge in [0.1, 0.15) is 23.2 Å². The second kappa shape index (κ2) is 12.5. The normalized spacial score (nSPS) is 29.5. The van der Waals surface area contributed by atoms with E-state index in [1.165, 1.54) is 19.1 Å². The molecule has 12 nitrogen and oxygen atoms in total. The van der Waals surface area contributed by atoms with E-state index in [4.69, 9.17) is 13.7 Å². The molecule has 2 heterocycles. The Kier molecular flexibility index (Phi) is 9.52. The van der Waals surface area contributed by atoms with Gasteiger partial charge >= 0.3 is 0 Å². The molecule has 0 radical (unpaired) electrons. The van der Waals surface area contributed by atoms with Gasteiger partial charge in [0.15, 0.2) is 23.6 Å². The van der Waals surface area contributed by atoms with Crippen molar-refractivity contribution in [2.24, 2.45) is 0 Å². The van der Waals surface area contributed by atoms with Crippen molar-refractivity contribution < 1.29 is 51.8 Å². The van der Waals surface area contributed by atoms with Crippen LogP contribution in [0.25, 0.3) is 0 Å². The maximum absolute atomic E-state index is 13.5. The van der Waals surface area contributed by atoms with Crippen LogP contribution in [0.2, 0.25) is 0 Å². The van der Waals surface area contributed by atoms with E-state index in [0.29, 0.717) is 0 Å². The summed E-state index contributed by atoms with van der Waals surface area (Å²) in [6, 6.07) is 5.67. The Balaban J connectivity index is 0.00000188. The maximum atomic E-state index is 13.5. The summed E-state index contributed by atoms with van der Waals surface area (Å²) in [5, 5.41) is 34.3. The number of ketones is 3. The fourth-order valence-electron chi connectivity index (χ4n) is 6.44. The summed E-state index contributed by atoms with van der Waals surface area (Å²) in [6.45, 7) is 4.28. The van der Waals surface area contributed by atoms with Crippen LogP contribution in [0, 0.1) is 0 Å². The van der Waals surface area contributed by atoms with Gasteiger partial charge in [-0.15, -0.1) is 0 Å². The Morgan fingerprint density at radius 2 is 1.64 bits per heavy atom. The van der Waals surface area contributed by atoms with Gasteiger partial charge in [0.2, 0.25) is 0 Å². The summed E-state index contributed by atoms with van der Waals surface area (Å²) in [7, 11) is -3.79. The molecule has 4 aliphatic rings. The van der Waals surface area contributed by atoms with Gasteiger partial charge < -0.3 is 24.8 Å². The molecule has 3 N–H and O–H groups in total. The van der Waals surface area contributed by atoms with E-state index >= 15 is 0 Å². The summed E-state index contributed by atoms with van der Waals surface area (Å²) in [4.78, 5) is 41.6. The van der Waals surface area contributed by atoms with Crippen LogP contribution in [0.3, 0.4) is 0 Å². The van der Waals surface area contributed by atoms with Crippen molar-refractivity contribution >= 4 is 64.7 Å². The van der Waals surface area contributed by atoms with Crippen molar-refractivity contribution in [1.82, 2.24) is 4.90 Å². The predicted octanol–water partition coefficient (Wildman–Crippen LogP) is 3.13. The maximum Gasteiger partial charge on any atom is 0.264 e. The highest BCUT2D eigenvalue weighted by Gasteiger charge is 2.50. The summed E-state index contributed by atoms with van der Waals surface area (Å²) in [6.07, 6.45) is -3.39. The molecule has 0 bridgehead atoms. The lowest BCUT2D eigenvalue weighted by atomic mass is 9.72. The van der Waals surface area contributed by atoms with Gasteiger partial charge in [-0.3, -0.25) is 23.5 Å². The molecule has 0 spiro atoms. The van der Waals surface area contributed by atoms with E-state index in [2.05, 4.69) is 37.2 Å². The number of halogens is 2. The van der Waals surface area contributed by atoms with E-state index in [1.54, 1.807) is 19.1 Å². The van der Waals surface area contributed by atoms with Crippen LogP contribution in [-0.4, -0.2) is 95.5 Å². The first-order valence-electron chi connectivity index (χ1n) is 13.8. The first-order chi connectivity index (χ1) is 20.7. The molecule has 6 atom stereocenters. The highest BCUT2D eigenvalue weighted by atomic mass is 128. The quantitative estimate of drug-likeness (QED) is 0.143. The third-order valence-corrected chi connectivity index (χ3v) is 9.20.